The maximum Gasteiger partial charge on any atom is 0.123 e. The van der Waals surface area contributed by atoms with Crippen LogP contribution in [0.1, 0.15) is 11.1 Å². The van der Waals surface area contributed by atoms with Gasteiger partial charge >= 0.3 is 0 Å². The maximum absolute atomic E-state index is 11.4. The molecule has 0 saturated heterocycles. The first-order valence-electron chi connectivity index (χ1n) is 15.5. The molecule has 4 aromatic rings. The Labute approximate surface area is 268 Å². The number of aliphatic imine (C=N–C) groups is 2. The predicted molar refractivity (Wildman–Crippen MR) is 207 cm³/mol. The first kappa shape index (κ1) is 33.8. The van der Waals surface area contributed by atoms with Crippen molar-refractivity contribution in [3.05, 3.63) is 71.8 Å². The molecule has 232 valence electrons. The highest BCUT2D eigenvalue weighted by atomic mass is 28.3. The molecule has 8 heteroatoms. The van der Waals surface area contributed by atoms with Crippen LogP contribution in [-0.4, -0.2) is 54.9 Å². The molecule has 4 rings (SSSR count). The third-order valence-corrected chi connectivity index (χ3v) is 16.2. The van der Waals surface area contributed by atoms with Crippen molar-refractivity contribution in [2.45, 2.75) is 78.6 Å². The topological polar surface area (TPSA) is 65.2 Å². The zero-order valence-electron chi connectivity index (χ0n) is 28.7. The predicted octanol–water partition coefficient (Wildman–Crippen LogP) is 7.93. The number of fused-ring (bicyclic) bond motifs is 1. The van der Waals surface area contributed by atoms with Crippen LogP contribution in [0, 0.1) is 0 Å². The molecular formula is C36H50N2O2Si4. The fraction of sp³-hybridized carbons (Fsp3) is 0.333. The zero-order chi connectivity index (χ0) is 32.8. The third kappa shape index (κ3) is 7.59. The van der Waals surface area contributed by atoms with Crippen molar-refractivity contribution in [3.8, 4) is 11.5 Å². The van der Waals surface area contributed by atoms with Crippen LogP contribution in [0.2, 0.25) is 78.6 Å². The molecule has 44 heavy (non-hydrogen) atoms. The van der Waals surface area contributed by atoms with E-state index in [1.54, 1.807) is 12.4 Å². The monoisotopic (exact) mass is 654 g/mol. The highest BCUT2D eigenvalue weighted by molar-refractivity contribution is 6.92. The maximum atomic E-state index is 11.4. The molecule has 0 amide bonds. The molecule has 0 aromatic heterocycles. The Kier molecular flexibility index (Phi) is 9.26. The van der Waals surface area contributed by atoms with Gasteiger partial charge in [-0.1, -0.05) is 137 Å². The minimum atomic E-state index is -1.80. The lowest BCUT2D eigenvalue weighted by atomic mass is 10.1. The molecule has 0 bridgehead atoms. The molecular weight excluding hydrogens is 605 g/mol. The molecule has 0 fully saturated rings. The van der Waals surface area contributed by atoms with Gasteiger partial charge in [0.1, 0.15) is 11.5 Å². The summed E-state index contributed by atoms with van der Waals surface area (Å²) in [6, 6.07) is 21.1. The van der Waals surface area contributed by atoms with E-state index in [0.29, 0.717) is 11.5 Å². The van der Waals surface area contributed by atoms with Crippen molar-refractivity contribution < 1.29 is 10.2 Å². The van der Waals surface area contributed by atoms with E-state index in [-0.39, 0.29) is 0 Å². The first-order valence-corrected chi connectivity index (χ1v) is 29.5. The average Bonchev–Trinajstić information content (AvgIpc) is 2.89. The number of rotatable bonds is 8. The molecule has 4 nitrogen and oxygen atoms in total. The van der Waals surface area contributed by atoms with Gasteiger partial charge in [0.25, 0.3) is 0 Å². The van der Waals surface area contributed by atoms with E-state index in [4.69, 9.17) is 9.98 Å². The van der Waals surface area contributed by atoms with Crippen molar-refractivity contribution in [3.63, 3.8) is 0 Å². The zero-order valence-corrected chi connectivity index (χ0v) is 32.7. The fourth-order valence-corrected chi connectivity index (χ4v) is 10.7. The van der Waals surface area contributed by atoms with E-state index in [1.807, 2.05) is 12.1 Å². The molecule has 0 radical (unpaired) electrons. The Morgan fingerprint density at radius 1 is 0.477 bits per heavy atom. The SMILES string of the molecule is C[Si](C)(C)c1cc(C=Nc2cc3ccccc3cc2N=Cc2cc([Si](C)(C)C)cc([Si](C)(C)C)c2O)c(O)c([Si](C)(C)C)c1. The second-order valence-corrected chi connectivity index (χ2v) is 36.4. The highest BCUT2D eigenvalue weighted by Crippen LogP contribution is 2.34. The lowest BCUT2D eigenvalue weighted by Crippen LogP contribution is -2.45. The van der Waals surface area contributed by atoms with Gasteiger partial charge in [-0.3, -0.25) is 9.98 Å². The second kappa shape index (κ2) is 12.0. The van der Waals surface area contributed by atoms with Crippen LogP contribution in [-0.2, 0) is 0 Å². The average molecular weight is 655 g/mol. The number of benzene rings is 4. The summed E-state index contributed by atoms with van der Waals surface area (Å²) in [6.07, 6.45) is 3.61. The van der Waals surface area contributed by atoms with Crippen molar-refractivity contribution in [2.24, 2.45) is 9.98 Å². The number of phenolic OH excluding ortho intramolecular Hbond substituents is 2. The van der Waals surface area contributed by atoms with Gasteiger partial charge in [0, 0.05) is 23.6 Å². The molecule has 0 saturated carbocycles. The summed E-state index contributed by atoms with van der Waals surface area (Å²) in [5.74, 6) is 0.681. The van der Waals surface area contributed by atoms with Crippen LogP contribution in [0.5, 0.6) is 11.5 Å². The minimum absolute atomic E-state index is 0.340. The van der Waals surface area contributed by atoms with Gasteiger partial charge < -0.3 is 10.2 Å². The number of nitrogens with zero attached hydrogens (tertiary/aromatic N) is 2. The van der Waals surface area contributed by atoms with E-state index in [0.717, 1.165) is 43.6 Å². The summed E-state index contributed by atoms with van der Waals surface area (Å²) in [6.45, 7) is 27.7. The van der Waals surface area contributed by atoms with Crippen LogP contribution in [0.25, 0.3) is 10.8 Å². The molecule has 0 spiro atoms. The Morgan fingerprint density at radius 3 is 1.11 bits per heavy atom. The summed E-state index contributed by atoms with van der Waals surface area (Å²) < 4.78 is 0. The lowest BCUT2D eigenvalue weighted by molar-refractivity contribution is 0.478. The molecule has 2 N–H and O–H groups in total. The Morgan fingerprint density at radius 2 is 0.818 bits per heavy atom. The van der Waals surface area contributed by atoms with Crippen LogP contribution in [0.4, 0.5) is 11.4 Å². The standard InChI is InChI=1S/C36H50N2O2Si4/c1-41(2,3)29-17-27(35(39)33(21-29)43(7,8)9)23-37-31-19-25-15-13-14-16-26(25)20-32(31)38-24-28-18-30(42(4,5)6)22-34(36(28)40)44(10,11)12/h13-24,39-40H,1-12H3. The summed E-state index contributed by atoms with van der Waals surface area (Å²) in [4.78, 5) is 9.93. The number of aromatic hydroxyl groups is 2. The van der Waals surface area contributed by atoms with Gasteiger partial charge in [-0.05, 0) is 33.3 Å². The third-order valence-electron chi connectivity index (χ3n) is 8.16. The van der Waals surface area contributed by atoms with E-state index < -0.39 is 32.3 Å². The van der Waals surface area contributed by atoms with E-state index in [1.165, 1.54) is 10.4 Å². The van der Waals surface area contributed by atoms with Gasteiger partial charge in [-0.15, -0.1) is 0 Å². The van der Waals surface area contributed by atoms with Gasteiger partial charge in [0.05, 0.1) is 43.7 Å². The van der Waals surface area contributed by atoms with Crippen molar-refractivity contribution in [1.29, 1.82) is 0 Å². The fourth-order valence-electron chi connectivity index (χ4n) is 5.22. The van der Waals surface area contributed by atoms with Gasteiger partial charge in [-0.2, -0.15) is 0 Å². The Hall–Kier alpha value is -3.05. The van der Waals surface area contributed by atoms with Gasteiger partial charge in [0.2, 0.25) is 0 Å². The van der Waals surface area contributed by atoms with Gasteiger partial charge in [0.15, 0.2) is 0 Å². The van der Waals surface area contributed by atoms with Crippen LogP contribution in [0.15, 0.2) is 70.6 Å². The summed E-state index contributed by atoms with van der Waals surface area (Å²) in [5.41, 5.74) is 2.95. The molecule has 0 heterocycles. The lowest BCUT2D eigenvalue weighted by Gasteiger charge is -2.25. The highest BCUT2D eigenvalue weighted by Gasteiger charge is 2.28. The molecule has 0 aliphatic rings. The molecule has 0 aliphatic heterocycles. The molecule has 4 aromatic carbocycles. The van der Waals surface area contributed by atoms with Crippen LogP contribution in [0.3, 0.4) is 0 Å². The number of phenols is 2. The molecule has 0 unspecified atom stereocenters. The van der Waals surface area contributed by atoms with Crippen molar-refractivity contribution >= 4 is 87.6 Å². The van der Waals surface area contributed by atoms with Gasteiger partial charge in [-0.25, -0.2) is 0 Å². The first-order chi connectivity index (χ1) is 20.2. The summed E-state index contributed by atoms with van der Waals surface area (Å²) in [7, 11) is -6.87. The summed E-state index contributed by atoms with van der Waals surface area (Å²) >= 11 is 0. The minimum Gasteiger partial charge on any atom is -0.507 e. The Balaban J connectivity index is 1.90. The van der Waals surface area contributed by atoms with Crippen molar-refractivity contribution in [1.82, 2.24) is 0 Å². The van der Waals surface area contributed by atoms with E-state index in [2.05, 4.69) is 127 Å². The Bertz CT molecular complexity index is 1640. The number of hydrogen-bond acceptors (Lipinski definition) is 4. The number of hydrogen-bond donors (Lipinski definition) is 2. The van der Waals surface area contributed by atoms with Crippen LogP contribution < -0.4 is 20.7 Å². The molecule has 0 atom stereocenters. The van der Waals surface area contributed by atoms with E-state index >= 15 is 0 Å². The smallest absolute Gasteiger partial charge is 0.123 e. The summed E-state index contributed by atoms with van der Waals surface area (Å²) in [5, 5.41) is 29.8. The normalized spacial score (nSPS) is 13.5. The molecule has 0 aliphatic carbocycles. The largest absolute Gasteiger partial charge is 0.507 e. The quantitative estimate of drug-likeness (QED) is 0.150. The van der Waals surface area contributed by atoms with E-state index in [9.17, 15) is 10.2 Å². The second-order valence-electron chi connectivity index (χ2n) is 16.1. The van der Waals surface area contributed by atoms with Crippen molar-refractivity contribution in [2.75, 3.05) is 0 Å². The van der Waals surface area contributed by atoms with Crippen LogP contribution >= 0.6 is 0 Å².